The van der Waals surface area contributed by atoms with Crippen LogP contribution < -0.4 is 5.32 Å². The van der Waals surface area contributed by atoms with E-state index in [2.05, 4.69) is 5.32 Å². The lowest BCUT2D eigenvalue weighted by atomic mass is 9.98. The van der Waals surface area contributed by atoms with E-state index in [0.29, 0.717) is 12.4 Å². The van der Waals surface area contributed by atoms with Crippen LogP contribution in [0.4, 0.5) is 10.5 Å². The molecule has 0 aliphatic carbocycles. The molecule has 0 radical (unpaired) electrons. The number of carbonyl (C=O) groups excluding carboxylic acids is 1. The smallest absolute Gasteiger partial charge is 0.411 e. The summed E-state index contributed by atoms with van der Waals surface area (Å²) in [5, 5.41) is 13.2. The molecule has 1 fully saturated rings. The number of para-hydroxylation sites is 1. The summed E-state index contributed by atoms with van der Waals surface area (Å²) in [5.41, 5.74) is 0.697. The van der Waals surface area contributed by atoms with Gasteiger partial charge in [-0.05, 0) is 53.2 Å². The van der Waals surface area contributed by atoms with Gasteiger partial charge in [0, 0.05) is 24.7 Å². The SMILES string of the molecule is CCOC1C=C(OC2CN(C(=O)OC(C)(C)C)[C@](C)(C(=O)O)C2)c2cccc(C)c2N1. The summed E-state index contributed by atoms with van der Waals surface area (Å²) in [6, 6.07) is 5.89. The zero-order valence-corrected chi connectivity index (χ0v) is 19.0. The van der Waals surface area contributed by atoms with Crippen LogP contribution in [0.15, 0.2) is 24.3 Å². The summed E-state index contributed by atoms with van der Waals surface area (Å²) in [6.07, 6.45) is 0.467. The van der Waals surface area contributed by atoms with Gasteiger partial charge in [-0.2, -0.15) is 0 Å². The van der Waals surface area contributed by atoms with Crippen LogP contribution in [-0.4, -0.2) is 58.7 Å². The van der Waals surface area contributed by atoms with E-state index in [-0.39, 0.29) is 19.2 Å². The molecule has 2 aliphatic rings. The molecular formula is C23H32N2O6. The number of carboxylic acid groups (broad SMARTS) is 1. The van der Waals surface area contributed by atoms with E-state index >= 15 is 0 Å². The van der Waals surface area contributed by atoms with Crippen LogP contribution in [0.5, 0.6) is 0 Å². The Morgan fingerprint density at radius 2 is 2.03 bits per heavy atom. The lowest BCUT2D eigenvalue weighted by molar-refractivity contribution is -0.148. The van der Waals surface area contributed by atoms with Gasteiger partial charge in [-0.25, -0.2) is 9.59 Å². The molecule has 170 valence electrons. The first-order valence-electron chi connectivity index (χ1n) is 10.5. The Kier molecular flexibility index (Phi) is 6.23. The van der Waals surface area contributed by atoms with Crippen molar-refractivity contribution in [3.8, 4) is 0 Å². The molecule has 1 aromatic carbocycles. The topological polar surface area (TPSA) is 97.3 Å². The molecule has 0 saturated carbocycles. The highest BCUT2D eigenvalue weighted by molar-refractivity contribution is 5.85. The summed E-state index contributed by atoms with van der Waals surface area (Å²) in [5.74, 6) is -0.480. The minimum absolute atomic E-state index is 0.114. The highest BCUT2D eigenvalue weighted by Crippen LogP contribution is 2.38. The lowest BCUT2D eigenvalue weighted by Gasteiger charge is -2.32. The van der Waals surface area contributed by atoms with Gasteiger partial charge in [-0.3, -0.25) is 4.90 Å². The number of nitrogens with one attached hydrogen (secondary N) is 1. The second-order valence-corrected chi connectivity index (χ2v) is 9.16. The number of hydrogen-bond donors (Lipinski definition) is 2. The van der Waals surface area contributed by atoms with E-state index in [1.165, 1.54) is 11.8 Å². The van der Waals surface area contributed by atoms with E-state index in [1.807, 2.05) is 38.1 Å². The van der Waals surface area contributed by atoms with Crippen LogP contribution in [-0.2, 0) is 19.0 Å². The van der Waals surface area contributed by atoms with Gasteiger partial charge in [0.05, 0.1) is 12.2 Å². The van der Waals surface area contributed by atoms with E-state index in [0.717, 1.165) is 16.8 Å². The quantitative estimate of drug-likeness (QED) is 0.726. The van der Waals surface area contributed by atoms with Crippen molar-refractivity contribution in [2.24, 2.45) is 0 Å². The maximum atomic E-state index is 12.7. The molecule has 2 N–H and O–H groups in total. The minimum atomic E-state index is -1.42. The van der Waals surface area contributed by atoms with Gasteiger partial charge in [-0.1, -0.05) is 12.1 Å². The van der Waals surface area contributed by atoms with Crippen LogP contribution in [0.1, 0.15) is 52.2 Å². The lowest BCUT2D eigenvalue weighted by Crippen LogP contribution is -2.52. The number of carbonyl (C=O) groups is 2. The maximum Gasteiger partial charge on any atom is 0.411 e. The summed E-state index contributed by atoms with van der Waals surface area (Å²) in [4.78, 5) is 26.1. The van der Waals surface area contributed by atoms with E-state index in [9.17, 15) is 14.7 Å². The molecule has 0 bridgehead atoms. The number of rotatable bonds is 5. The molecule has 8 heteroatoms. The minimum Gasteiger partial charge on any atom is -0.488 e. The molecule has 1 aromatic rings. The Morgan fingerprint density at radius 1 is 1.32 bits per heavy atom. The zero-order valence-electron chi connectivity index (χ0n) is 19.0. The van der Waals surface area contributed by atoms with Gasteiger partial charge in [0.1, 0.15) is 23.0 Å². The Hall–Kier alpha value is -2.74. The molecule has 31 heavy (non-hydrogen) atoms. The molecule has 0 aromatic heterocycles. The fourth-order valence-corrected chi connectivity index (χ4v) is 3.93. The van der Waals surface area contributed by atoms with Crippen molar-refractivity contribution in [1.29, 1.82) is 0 Å². The van der Waals surface area contributed by atoms with Gasteiger partial charge < -0.3 is 24.6 Å². The van der Waals surface area contributed by atoms with Crippen LogP contribution in [0.25, 0.3) is 5.76 Å². The van der Waals surface area contributed by atoms with E-state index < -0.39 is 29.3 Å². The molecule has 2 unspecified atom stereocenters. The van der Waals surface area contributed by atoms with Crippen LogP contribution in [0, 0.1) is 6.92 Å². The molecule has 2 heterocycles. The highest BCUT2D eigenvalue weighted by atomic mass is 16.6. The van der Waals surface area contributed by atoms with Gasteiger partial charge in [-0.15, -0.1) is 0 Å². The number of likely N-dealkylation sites (tertiary alicyclic amines) is 1. The van der Waals surface area contributed by atoms with Gasteiger partial charge in [0.15, 0.2) is 6.23 Å². The van der Waals surface area contributed by atoms with E-state index in [4.69, 9.17) is 14.2 Å². The molecular weight excluding hydrogens is 400 g/mol. The predicted molar refractivity (Wildman–Crippen MR) is 117 cm³/mol. The molecule has 3 rings (SSSR count). The number of carboxylic acids is 1. The number of fused-ring (bicyclic) bond motifs is 1. The molecule has 1 saturated heterocycles. The largest absolute Gasteiger partial charge is 0.488 e. The summed E-state index contributed by atoms with van der Waals surface area (Å²) >= 11 is 0. The number of anilines is 1. The van der Waals surface area contributed by atoms with Gasteiger partial charge >= 0.3 is 12.1 Å². The Labute approximate surface area is 183 Å². The van der Waals surface area contributed by atoms with Crippen molar-refractivity contribution >= 4 is 23.5 Å². The number of amides is 1. The van der Waals surface area contributed by atoms with Crippen LogP contribution in [0.3, 0.4) is 0 Å². The number of benzene rings is 1. The number of nitrogens with zero attached hydrogens (tertiary/aromatic N) is 1. The fourth-order valence-electron chi connectivity index (χ4n) is 3.93. The van der Waals surface area contributed by atoms with Crippen molar-refractivity contribution in [2.45, 2.75) is 71.4 Å². The Balaban J connectivity index is 1.87. The predicted octanol–water partition coefficient (Wildman–Crippen LogP) is 3.99. The summed E-state index contributed by atoms with van der Waals surface area (Å²) in [6.45, 7) is 11.3. The monoisotopic (exact) mass is 432 g/mol. The number of aliphatic carboxylic acids is 1. The number of ether oxygens (including phenoxy) is 3. The van der Waals surface area contributed by atoms with Crippen molar-refractivity contribution in [3.05, 3.63) is 35.4 Å². The second kappa shape index (κ2) is 8.42. The van der Waals surface area contributed by atoms with Crippen molar-refractivity contribution in [2.75, 3.05) is 18.5 Å². The average Bonchev–Trinajstić information content (AvgIpc) is 2.99. The highest BCUT2D eigenvalue weighted by Gasteiger charge is 2.52. The van der Waals surface area contributed by atoms with Crippen molar-refractivity contribution in [1.82, 2.24) is 4.90 Å². The molecule has 0 spiro atoms. The number of hydrogen-bond acceptors (Lipinski definition) is 6. The molecule has 3 atom stereocenters. The van der Waals surface area contributed by atoms with Gasteiger partial charge in [0.25, 0.3) is 0 Å². The Morgan fingerprint density at radius 3 is 2.65 bits per heavy atom. The third-order valence-corrected chi connectivity index (χ3v) is 5.45. The fraction of sp³-hybridized carbons (Fsp3) is 0.565. The molecule has 8 nitrogen and oxygen atoms in total. The summed E-state index contributed by atoms with van der Waals surface area (Å²) < 4.78 is 17.5. The maximum absolute atomic E-state index is 12.7. The first kappa shape index (κ1) is 22.9. The first-order chi connectivity index (χ1) is 14.4. The third-order valence-electron chi connectivity index (χ3n) is 5.45. The normalized spacial score (nSPS) is 25.4. The van der Waals surface area contributed by atoms with E-state index in [1.54, 1.807) is 20.8 Å². The average molecular weight is 433 g/mol. The van der Waals surface area contributed by atoms with Crippen LogP contribution >= 0.6 is 0 Å². The zero-order chi connectivity index (χ0) is 23.0. The summed E-state index contributed by atoms with van der Waals surface area (Å²) in [7, 11) is 0. The third kappa shape index (κ3) is 4.79. The molecule has 2 aliphatic heterocycles. The van der Waals surface area contributed by atoms with Gasteiger partial charge in [0.2, 0.25) is 0 Å². The van der Waals surface area contributed by atoms with Crippen molar-refractivity contribution in [3.63, 3.8) is 0 Å². The second-order valence-electron chi connectivity index (χ2n) is 9.16. The number of aryl methyl sites for hydroxylation is 1. The first-order valence-corrected chi connectivity index (χ1v) is 10.5. The Bertz CT molecular complexity index is 891. The molecule has 1 amide bonds. The standard InChI is InChI=1S/C23H32N2O6/c1-7-29-18-11-17(16-10-8-9-14(2)19(16)24-18)30-15-12-23(6,20(26)27)25(13-15)21(28)31-22(3,4)5/h8-11,15,18,24H,7,12-13H2,1-6H3,(H,26,27)/t15?,18?,23-/m0/s1. The van der Waals surface area contributed by atoms with Crippen molar-refractivity contribution < 1.29 is 28.9 Å². The van der Waals surface area contributed by atoms with Crippen LogP contribution in [0.2, 0.25) is 0 Å².